The summed E-state index contributed by atoms with van der Waals surface area (Å²) >= 11 is 0. The van der Waals surface area contributed by atoms with Gasteiger partial charge in [0.25, 0.3) is 0 Å². The van der Waals surface area contributed by atoms with Crippen LogP contribution in [0.25, 0.3) is 0 Å². The number of nitrogens with two attached hydrogens (primary N) is 1. The molecular formula is C15H19N5. The molecule has 1 aromatic heterocycles. The molecule has 3 rings (SSSR count). The molecule has 1 atom stereocenters. The van der Waals surface area contributed by atoms with Crippen LogP contribution in [0.15, 0.2) is 36.4 Å². The summed E-state index contributed by atoms with van der Waals surface area (Å²) < 4.78 is 0. The maximum atomic E-state index is 5.75. The zero-order valence-electron chi connectivity index (χ0n) is 11.6. The Bertz CT molecular complexity index is 581. The second-order valence-corrected chi connectivity index (χ2v) is 5.34. The van der Waals surface area contributed by atoms with Crippen LogP contribution < -0.4 is 11.1 Å². The third kappa shape index (κ3) is 2.88. The van der Waals surface area contributed by atoms with Crippen molar-refractivity contribution >= 4 is 17.2 Å². The Morgan fingerprint density at radius 2 is 2.15 bits per heavy atom. The molecule has 104 valence electrons. The topological polar surface area (TPSA) is 67.1 Å². The molecule has 1 aromatic carbocycles. The van der Waals surface area contributed by atoms with Crippen LogP contribution in [0.1, 0.15) is 18.0 Å². The number of nitrogens with one attached hydrogen (secondary N) is 1. The number of nitrogen functional groups attached to an aromatic ring is 1. The number of hydrogen-bond acceptors (Lipinski definition) is 5. The highest BCUT2D eigenvalue weighted by molar-refractivity contribution is 5.60. The van der Waals surface area contributed by atoms with Crippen LogP contribution in [0.5, 0.6) is 0 Å². The van der Waals surface area contributed by atoms with Crippen LogP contribution in [0, 0.1) is 0 Å². The first-order chi connectivity index (χ1) is 9.70. The Kier molecular flexibility index (Phi) is 3.52. The van der Waals surface area contributed by atoms with Crippen molar-refractivity contribution < 1.29 is 0 Å². The quantitative estimate of drug-likeness (QED) is 0.836. The molecule has 5 nitrogen and oxygen atoms in total. The van der Waals surface area contributed by atoms with Crippen LogP contribution in [0.4, 0.5) is 17.2 Å². The molecule has 20 heavy (non-hydrogen) atoms. The van der Waals surface area contributed by atoms with Gasteiger partial charge >= 0.3 is 0 Å². The maximum Gasteiger partial charge on any atom is 0.153 e. The van der Waals surface area contributed by atoms with E-state index in [9.17, 15) is 0 Å². The van der Waals surface area contributed by atoms with Crippen molar-refractivity contribution in [3.63, 3.8) is 0 Å². The van der Waals surface area contributed by atoms with E-state index < -0.39 is 0 Å². The highest BCUT2D eigenvalue weighted by atomic mass is 15.2. The summed E-state index contributed by atoms with van der Waals surface area (Å²) in [6.07, 6.45) is 1.16. The molecule has 0 saturated carbocycles. The molecule has 0 bridgehead atoms. The van der Waals surface area contributed by atoms with Gasteiger partial charge in [0.2, 0.25) is 0 Å². The Morgan fingerprint density at radius 3 is 2.80 bits per heavy atom. The monoisotopic (exact) mass is 269 g/mol. The van der Waals surface area contributed by atoms with Crippen molar-refractivity contribution in [2.24, 2.45) is 0 Å². The normalized spacial score (nSPS) is 19.1. The fraction of sp³-hybridized carbons (Fsp3) is 0.333. The predicted octanol–water partition coefficient (Wildman–Crippen LogP) is 2.22. The van der Waals surface area contributed by atoms with Crippen LogP contribution in [0.3, 0.4) is 0 Å². The van der Waals surface area contributed by atoms with Crippen molar-refractivity contribution in [3.8, 4) is 0 Å². The van der Waals surface area contributed by atoms with Gasteiger partial charge in [0.1, 0.15) is 0 Å². The summed E-state index contributed by atoms with van der Waals surface area (Å²) in [4.78, 5) is 2.32. The summed E-state index contributed by atoms with van der Waals surface area (Å²) in [7, 11) is 2.14. The molecular weight excluding hydrogens is 250 g/mol. The van der Waals surface area contributed by atoms with Crippen molar-refractivity contribution in [3.05, 3.63) is 42.1 Å². The van der Waals surface area contributed by atoms with Crippen LogP contribution >= 0.6 is 0 Å². The molecule has 1 fully saturated rings. The van der Waals surface area contributed by atoms with Gasteiger partial charge in [-0.15, -0.1) is 5.10 Å². The molecule has 1 aliphatic heterocycles. The van der Waals surface area contributed by atoms with E-state index in [1.54, 1.807) is 0 Å². The average Bonchev–Trinajstić information content (AvgIpc) is 2.86. The smallest absolute Gasteiger partial charge is 0.153 e. The predicted molar refractivity (Wildman–Crippen MR) is 81.0 cm³/mol. The molecule has 1 aliphatic rings. The van der Waals surface area contributed by atoms with Crippen molar-refractivity contribution in [1.29, 1.82) is 0 Å². The van der Waals surface area contributed by atoms with E-state index in [0.29, 0.717) is 5.92 Å². The molecule has 2 aromatic rings. The van der Waals surface area contributed by atoms with Gasteiger partial charge < -0.3 is 16.0 Å². The van der Waals surface area contributed by atoms with Gasteiger partial charge in [-0.1, -0.05) is 6.07 Å². The Labute approximate surface area is 118 Å². The number of benzene rings is 1. The highest BCUT2D eigenvalue weighted by Crippen LogP contribution is 2.25. The van der Waals surface area contributed by atoms with Crippen LogP contribution in [0.2, 0.25) is 0 Å². The Balaban J connectivity index is 1.70. The minimum Gasteiger partial charge on any atom is -0.399 e. The van der Waals surface area contributed by atoms with E-state index in [4.69, 9.17) is 5.73 Å². The third-order valence-corrected chi connectivity index (χ3v) is 3.65. The SMILES string of the molecule is CN1CCC(c2ccc(Nc3cccc(N)c3)nn2)C1. The van der Waals surface area contributed by atoms with Gasteiger partial charge in [-0.2, -0.15) is 5.10 Å². The van der Waals surface area contributed by atoms with Gasteiger partial charge in [0.15, 0.2) is 5.82 Å². The molecule has 1 unspecified atom stereocenters. The molecule has 5 heteroatoms. The van der Waals surface area contributed by atoms with Crippen molar-refractivity contribution in [2.75, 3.05) is 31.2 Å². The van der Waals surface area contributed by atoms with Crippen LogP contribution in [-0.4, -0.2) is 35.2 Å². The van der Waals surface area contributed by atoms with Gasteiger partial charge in [-0.3, -0.25) is 0 Å². The lowest BCUT2D eigenvalue weighted by molar-refractivity contribution is 0.410. The number of aromatic nitrogens is 2. The number of hydrogen-bond donors (Lipinski definition) is 2. The van der Waals surface area contributed by atoms with Gasteiger partial charge in [0.05, 0.1) is 5.69 Å². The Hall–Kier alpha value is -2.14. The number of rotatable bonds is 3. The fourth-order valence-electron chi connectivity index (χ4n) is 2.57. The van der Waals surface area contributed by atoms with E-state index in [-0.39, 0.29) is 0 Å². The number of likely N-dealkylation sites (tertiary alicyclic amines) is 1. The second-order valence-electron chi connectivity index (χ2n) is 5.34. The molecule has 0 amide bonds. The van der Waals surface area contributed by atoms with Crippen LogP contribution in [-0.2, 0) is 0 Å². The van der Waals surface area contributed by atoms with E-state index in [1.807, 2.05) is 30.3 Å². The van der Waals surface area contributed by atoms with E-state index in [0.717, 1.165) is 42.4 Å². The second kappa shape index (κ2) is 5.46. The summed E-state index contributed by atoms with van der Waals surface area (Å²) in [5, 5.41) is 11.8. The lowest BCUT2D eigenvalue weighted by atomic mass is 10.1. The standard InChI is InChI=1S/C15H19N5/c1-20-8-7-11(10-20)14-5-6-15(19-18-14)17-13-4-2-3-12(16)9-13/h2-6,9,11H,7-8,10,16H2,1H3,(H,17,19). The molecule has 2 heterocycles. The van der Waals surface area contributed by atoms with Gasteiger partial charge in [0, 0.05) is 23.8 Å². The fourth-order valence-corrected chi connectivity index (χ4v) is 2.57. The van der Waals surface area contributed by atoms with Gasteiger partial charge in [-0.05, 0) is 50.3 Å². The molecule has 0 aliphatic carbocycles. The largest absolute Gasteiger partial charge is 0.399 e. The van der Waals surface area contributed by atoms with Crippen molar-refractivity contribution in [1.82, 2.24) is 15.1 Å². The molecule has 0 spiro atoms. The highest BCUT2D eigenvalue weighted by Gasteiger charge is 2.22. The zero-order chi connectivity index (χ0) is 13.9. The van der Waals surface area contributed by atoms with Crippen molar-refractivity contribution in [2.45, 2.75) is 12.3 Å². The first-order valence-electron chi connectivity index (χ1n) is 6.85. The lowest BCUT2D eigenvalue weighted by Crippen LogP contribution is -2.14. The minimum absolute atomic E-state index is 0.508. The average molecular weight is 269 g/mol. The molecule has 0 radical (unpaired) electrons. The van der Waals surface area contributed by atoms with Gasteiger partial charge in [-0.25, -0.2) is 0 Å². The maximum absolute atomic E-state index is 5.75. The first-order valence-corrected chi connectivity index (χ1v) is 6.85. The summed E-state index contributed by atoms with van der Waals surface area (Å²) in [6.45, 7) is 2.20. The summed E-state index contributed by atoms with van der Waals surface area (Å²) in [5.74, 6) is 1.25. The minimum atomic E-state index is 0.508. The van der Waals surface area contributed by atoms with E-state index in [1.165, 1.54) is 0 Å². The third-order valence-electron chi connectivity index (χ3n) is 3.65. The zero-order valence-corrected chi connectivity index (χ0v) is 11.6. The first kappa shape index (κ1) is 12.9. The summed E-state index contributed by atoms with van der Waals surface area (Å²) in [6, 6.07) is 11.6. The number of nitrogens with zero attached hydrogens (tertiary/aromatic N) is 3. The lowest BCUT2D eigenvalue weighted by Gasteiger charge is -2.10. The molecule has 1 saturated heterocycles. The summed E-state index contributed by atoms with van der Waals surface area (Å²) in [5.41, 5.74) is 8.48. The van der Waals surface area contributed by atoms with E-state index in [2.05, 4.69) is 33.5 Å². The van der Waals surface area contributed by atoms with E-state index >= 15 is 0 Å². The number of likely N-dealkylation sites (N-methyl/N-ethyl adjacent to an activating group) is 1. The molecule has 3 N–H and O–H groups in total. The number of anilines is 3. The Morgan fingerprint density at radius 1 is 1.25 bits per heavy atom.